The Hall–Kier alpha value is -3.47. The van der Waals surface area contributed by atoms with Crippen LogP contribution in [0.3, 0.4) is 0 Å². The molecule has 10 heteroatoms. The summed E-state index contributed by atoms with van der Waals surface area (Å²) in [6.07, 6.45) is -0.513. The summed E-state index contributed by atoms with van der Waals surface area (Å²) < 4.78 is 6.24. The monoisotopic (exact) mass is 579 g/mol. The molecule has 1 fully saturated rings. The van der Waals surface area contributed by atoms with E-state index in [1.54, 1.807) is 18.2 Å². The van der Waals surface area contributed by atoms with Crippen LogP contribution in [-0.2, 0) is 11.2 Å². The van der Waals surface area contributed by atoms with Gasteiger partial charge in [0, 0.05) is 49.9 Å². The first-order chi connectivity index (χ1) is 19.8. The lowest BCUT2D eigenvalue weighted by atomic mass is 9.96. The summed E-state index contributed by atoms with van der Waals surface area (Å²) in [5.74, 6) is 5.10. The van der Waals surface area contributed by atoms with Crippen molar-refractivity contribution in [3.05, 3.63) is 106 Å². The van der Waals surface area contributed by atoms with Crippen LogP contribution in [0.5, 0.6) is 0 Å². The second-order valence-electron chi connectivity index (χ2n) is 10.3. The number of halogens is 1. The third-order valence-electron chi connectivity index (χ3n) is 7.45. The Morgan fingerprint density at radius 3 is 2.29 bits per heavy atom. The maximum atomic E-state index is 11.6. The molecule has 41 heavy (non-hydrogen) atoms. The van der Waals surface area contributed by atoms with Crippen molar-refractivity contribution in [3.63, 3.8) is 0 Å². The summed E-state index contributed by atoms with van der Waals surface area (Å²) in [5, 5.41) is 10.6. The Kier molecular flexibility index (Phi) is 11.1. The second-order valence-corrected chi connectivity index (χ2v) is 10.7. The highest BCUT2D eigenvalue weighted by molar-refractivity contribution is 6.30. The van der Waals surface area contributed by atoms with E-state index in [2.05, 4.69) is 46.2 Å². The van der Waals surface area contributed by atoms with Crippen LogP contribution in [0.25, 0.3) is 0 Å². The van der Waals surface area contributed by atoms with E-state index in [0.29, 0.717) is 25.0 Å². The SMILES string of the molecule is NC(=O)c1cccc(CC(CCN(N)C(=O)O)OCCN2CCN([C@H](c3ccccc3)c3ccc(Cl)cc3)CC2)c1. The molecule has 1 saturated heterocycles. The fraction of sp³-hybridized carbons (Fsp3) is 0.355. The molecule has 2 atom stereocenters. The van der Waals surface area contributed by atoms with Crippen molar-refractivity contribution < 1.29 is 19.4 Å². The van der Waals surface area contributed by atoms with Crippen molar-refractivity contribution >= 4 is 23.6 Å². The van der Waals surface area contributed by atoms with Gasteiger partial charge in [-0.2, -0.15) is 0 Å². The van der Waals surface area contributed by atoms with Crippen LogP contribution in [0.1, 0.15) is 39.5 Å². The standard InChI is InChI=1S/C31H38ClN5O4/c32-27-11-9-25(10-12-27)29(24-6-2-1-3-7-24)36-17-15-35(16-18-36)19-20-41-28(13-14-37(34)31(39)40)22-23-5-4-8-26(21-23)30(33)38/h1-12,21,28-29H,13-20,22,34H2,(H2,33,38)(H,39,40)/t28?,29-/m1/s1. The van der Waals surface area contributed by atoms with E-state index < -0.39 is 12.0 Å². The highest BCUT2D eigenvalue weighted by atomic mass is 35.5. The van der Waals surface area contributed by atoms with E-state index in [-0.39, 0.29) is 18.7 Å². The van der Waals surface area contributed by atoms with Crippen LogP contribution in [0.4, 0.5) is 4.79 Å². The molecule has 0 bridgehead atoms. The Labute approximate surface area is 246 Å². The van der Waals surface area contributed by atoms with Crippen molar-refractivity contribution in [1.29, 1.82) is 0 Å². The van der Waals surface area contributed by atoms with E-state index >= 15 is 0 Å². The third kappa shape index (κ3) is 9.01. The molecule has 5 N–H and O–H groups in total. The molecule has 0 spiro atoms. The van der Waals surface area contributed by atoms with Crippen LogP contribution < -0.4 is 11.6 Å². The van der Waals surface area contributed by atoms with Gasteiger partial charge in [0.25, 0.3) is 0 Å². The number of hydrazine groups is 1. The van der Waals surface area contributed by atoms with Gasteiger partial charge in [0.15, 0.2) is 0 Å². The predicted octanol–water partition coefficient (Wildman–Crippen LogP) is 4.02. The van der Waals surface area contributed by atoms with Gasteiger partial charge < -0.3 is 15.6 Å². The van der Waals surface area contributed by atoms with Gasteiger partial charge in [-0.1, -0.05) is 66.2 Å². The molecule has 0 radical (unpaired) electrons. The lowest BCUT2D eigenvalue weighted by Gasteiger charge is -2.40. The molecule has 1 aliphatic heterocycles. The van der Waals surface area contributed by atoms with Crippen LogP contribution in [0, 0.1) is 0 Å². The maximum Gasteiger partial charge on any atom is 0.421 e. The number of amides is 2. The molecule has 1 heterocycles. The van der Waals surface area contributed by atoms with Gasteiger partial charge in [-0.3, -0.25) is 14.6 Å². The summed E-state index contributed by atoms with van der Waals surface area (Å²) in [4.78, 5) is 27.7. The average Bonchev–Trinajstić information content (AvgIpc) is 2.98. The summed E-state index contributed by atoms with van der Waals surface area (Å²) in [6, 6.07) is 25.9. The maximum absolute atomic E-state index is 11.6. The fourth-order valence-corrected chi connectivity index (χ4v) is 5.35. The molecular weight excluding hydrogens is 542 g/mol. The van der Waals surface area contributed by atoms with E-state index in [0.717, 1.165) is 48.3 Å². The zero-order chi connectivity index (χ0) is 29.2. The van der Waals surface area contributed by atoms with Crippen LogP contribution in [0.15, 0.2) is 78.9 Å². The molecule has 3 aromatic carbocycles. The number of carbonyl (C=O) groups excluding carboxylic acids is 1. The third-order valence-corrected chi connectivity index (χ3v) is 7.70. The zero-order valence-electron chi connectivity index (χ0n) is 23.1. The summed E-state index contributed by atoms with van der Waals surface area (Å²) in [7, 11) is 0. The average molecular weight is 580 g/mol. The second kappa shape index (κ2) is 15.0. The van der Waals surface area contributed by atoms with Crippen molar-refractivity contribution in [2.45, 2.75) is 25.0 Å². The van der Waals surface area contributed by atoms with Gasteiger partial charge in [-0.25, -0.2) is 15.6 Å². The van der Waals surface area contributed by atoms with Crippen LogP contribution >= 0.6 is 11.6 Å². The Morgan fingerprint density at radius 2 is 1.63 bits per heavy atom. The number of carbonyl (C=O) groups is 2. The summed E-state index contributed by atoms with van der Waals surface area (Å²) in [5.41, 5.74) is 9.23. The number of ether oxygens (including phenoxy) is 1. The van der Waals surface area contributed by atoms with E-state index in [9.17, 15) is 9.59 Å². The molecule has 0 aliphatic carbocycles. The van der Waals surface area contributed by atoms with Crippen molar-refractivity contribution in [1.82, 2.24) is 14.8 Å². The van der Waals surface area contributed by atoms with E-state index in [1.807, 2.05) is 24.3 Å². The first-order valence-corrected chi connectivity index (χ1v) is 14.2. The molecule has 3 aromatic rings. The minimum absolute atomic E-state index is 0.139. The molecule has 0 saturated carbocycles. The van der Waals surface area contributed by atoms with Gasteiger partial charge in [-0.05, 0) is 53.8 Å². The van der Waals surface area contributed by atoms with E-state index in [1.165, 1.54) is 11.1 Å². The minimum Gasteiger partial charge on any atom is -0.464 e. The number of primary amides is 1. The normalized spacial score (nSPS) is 15.8. The van der Waals surface area contributed by atoms with Crippen molar-refractivity contribution in [3.8, 4) is 0 Å². The Balaban J connectivity index is 1.33. The molecule has 218 valence electrons. The lowest BCUT2D eigenvalue weighted by Crippen LogP contribution is -2.48. The number of rotatable bonds is 13. The highest BCUT2D eigenvalue weighted by Crippen LogP contribution is 2.30. The number of nitrogens with two attached hydrogens (primary N) is 2. The number of hydrogen-bond donors (Lipinski definition) is 3. The summed E-state index contributed by atoms with van der Waals surface area (Å²) in [6.45, 7) is 5.02. The quantitative estimate of drug-likeness (QED) is 0.159. The Bertz CT molecular complexity index is 1270. The van der Waals surface area contributed by atoms with Gasteiger partial charge in [0.1, 0.15) is 0 Å². The molecule has 1 aliphatic rings. The van der Waals surface area contributed by atoms with Crippen molar-refractivity contribution in [2.24, 2.45) is 11.6 Å². The number of hydrogen-bond acceptors (Lipinski definition) is 6. The number of piperazine rings is 1. The Morgan fingerprint density at radius 1 is 0.951 bits per heavy atom. The van der Waals surface area contributed by atoms with Crippen molar-refractivity contribution in [2.75, 3.05) is 45.9 Å². The zero-order valence-corrected chi connectivity index (χ0v) is 23.8. The number of carboxylic acid groups (broad SMARTS) is 1. The molecular formula is C31H38ClN5O4. The molecule has 2 amide bonds. The molecule has 0 aromatic heterocycles. The smallest absolute Gasteiger partial charge is 0.421 e. The first kappa shape index (κ1) is 30.5. The lowest BCUT2D eigenvalue weighted by molar-refractivity contribution is 0.0167. The van der Waals surface area contributed by atoms with E-state index in [4.69, 9.17) is 33.0 Å². The molecule has 4 rings (SSSR count). The van der Waals surface area contributed by atoms with Gasteiger partial charge in [-0.15, -0.1) is 0 Å². The fourth-order valence-electron chi connectivity index (χ4n) is 5.23. The summed E-state index contributed by atoms with van der Waals surface area (Å²) >= 11 is 6.17. The van der Waals surface area contributed by atoms with Gasteiger partial charge in [0.2, 0.25) is 5.91 Å². The largest absolute Gasteiger partial charge is 0.464 e. The first-order valence-electron chi connectivity index (χ1n) is 13.8. The highest BCUT2D eigenvalue weighted by Gasteiger charge is 2.26. The van der Waals surface area contributed by atoms with Crippen LogP contribution in [-0.4, -0.2) is 83.9 Å². The predicted molar refractivity (Wildman–Crippen MR) is 160 cm³/mol. The van der Waals surface area contributed by atoms with Gasteiger partial charge >= 0.3 is 6.09 Å². The van der Waals surface area contributed by atoms with Crippen LogP contribution in [0.2, 0.25) is 5.02 Å². The topological polar surface area (TPSA) is 125 Å². The number of nitrogens with zero attached hydrogens (tertiary/aromatic N) is 3. The molecule has 9 nitrogen and oxygen atoms in total. The van der Waals surface area contributed by atoms with Gasteiger partial charge in [0.05, 0.1) is 18.8 Å². The number of benzene rings is 3. The minimum atomic E-state index is -1.19. The molecule has 1 unspecified atom stereocenters.